The van der Waals surface area contributed by atoms with Gasteiger partial charge in [-0.05, 0) is 17.7 Å². The lowest BCUT2D eigenvalue weighted by Crippen LogP contribution is -2.17. The zero-order chi connectivity index (χ0) is 14.1. The van der Waals surface area contributed by atoms with Crippen LogP contribution in [-0.2, 0) is 24.2 Å². The minimum Gasteiger partial charge on any atom is -0.383 e. The van der Waals surface area contributed by atoms with Crippen LogP contribution in [0.2, 0.25) is 10.0 Å². The minimum atomic E-state index is 0.489. The number of nitrogens with two attached hydrogens (primary N) is 1. The number of rotatable bonds is 2. The highest BCUT2D eigenvalue weighted by atomic mass is 35.5. The third-order valence-corrected chi connectivity index (χ3v) is 3.85. The topological polar surface area (TPSA) is 61.0 Å². The molecule has 1 aromatic carbocycles. The normalized spacial score (nSPS) is 14.1. The predicted octanol–water partition coefficient (Wildman–Crippen LogP) is 3.03. The summed E-state index contributed by atoms with van der Waals surface area (Å²) >= 11 is 12.1. The molecule has 0 saturated heterocycles. The van der Waals surface area contributed by atoms with Crippen LogP contribution < -0.4 is 5.73 Å². The summed E-state index contributed by atoms with van der Waals surface area (Å²) in [7, 11) is 0. The summed E-state index contributed by atoms with van der Waals surface area (Å²) in [5.41, 5.74) is 8.79. The zero-order valence-electron chi connectivity index (χ0n) is 10.7. The van der Waals surface area contributed by atoms with Crippen LogP contribution in [0.3, 0.4) is 0 Å². The van der Waals surface area contributed by atoms with Gasteiger partial charge in [-0.15, -0.1) is 0 Å². The van der Waals surface area contributed by atoms with Crippen molar-refractivity contribution in [2.75, 3.05) is 12.3 Å². The molecule has 0 aliphatic carbocycles. The Labute approximate surface area is 126 Å². The third kappa shape index (κ3) is 2.73. The summed E-state index contributed by atoms with van der Waals surface area (Å²) in [5, 5.41) is 1.22. The van der Waals surface area contributed by atoms with Gasteiger partial charge in [0.1, 0.15) is 11.6 Å². The van der Waals surface area contributed by atoms with Crippen LogP contribution in [0.5, 0.6) is 0 Å². The number of fused-ring (bicyclic) bond motifs is 1. The molecule has 0 unspecified atom stereocenters. The van der Waals surface area contributed by atoms with E-state index in [1.54, 1.807) is 12.1 Å². The van der Waals surface area contributed by atoms with Crippen molar-refractivity contribution in [2.24, 2.45) is 0 Å². The van der Waals surface area contributed by atoms with E-state index >= 15 is 0 Å². The number of ether oxygens (including phenoxy) is 1. The van der Waals surface area contributed by atoms with Crippen molar-refractivity contribution in [1.29, 1.82) is 0 Å². The van der Waals surface area contributed by atoms with Gasteiger partial charge in [0.2, 0.25) is 0 Å². The van der Waals surface area contributed by atoms with E-state index in [1.807, 2.05) is 6.07 Å². The van der Waals surface area contributed by atoms with Crippen molar-refractivity contribution in [3.63, 3.8) is 0 Å². The summed E-state index contributed by atoms with van der Waals surface area (Å²) in [6.07, 6.45) is 1.30. The number of nitrogens with zero attached hydrogens (tertiary/aromatic N) is 2. The van der Waals surface area contributed by atoms with Crippen molar-refractivity contribution in [2.45, 2.75) is 19.4 Å². The van der Waals surface area contributed by atoms with Gasteiger partial charge in [0.05, 0.1) is 18.9 Å². The Hall–Kier alpha value is -1.36. The largest absolute Gasteiger partial charge is 0.383 e. The Kier molecular flexibility index (Phi) is 3.78. The van der Waals surface area contributed by atoms with Crippen LogP contribution in [0.25, 0.3) is 0 Å². The van der Waals surface area contributed by atoms with Crippen molar-refractivity contribution < 1.29 is 4.74 Å². The van der Waals surface area contributed by atoms with Crippen molar-refractivity contribution in [1.82, 2.24) is 9.97 Å². The highest BCUT2D eigenvalue weighted by molar-refractivity contribution is 6.35. The molecule has 2 aromatic rings. The Bertz CT molecular complexity index is 661. The molecule has 0 saturated carbocycles. The molecule has 2 heterocycles. The molecule has 0 bridgehead atoms. The van der Waals surface area contributed by atoms with Gasteiger partial charge in [-0.2, -0.15) is 0 Å². The average molecular weight is 310 g/mol. The Morgan fingerprint density at radius 2 is 2.10 bits per heavy atom. The number of hydrogen-bond acceptors (Lipinski definition) is 4. The first-order chi connectivity index (χ1) is 9.63. The Balaban J connectivity index is 1.93. The molecule has 1 aromatic heterocycles. The van der Waals surface area contributed by atoms with E-state index in [4.69, 9.17) is 33.7 Å². The number of anilines is 1. The highest BCUT2D eigenvalue weighted by Crippen LogP contribution is 2.24. The number of nitrogen functional groups attached to an aromatic ring is 1. The Morgan fingerprint density at radius 1 is 1.25 bits per heavy atom. The second-order valence-corrected chi connectivity index (χ2v) is 5.51. The van der Waals surface area contributed by atoms with E-state index < -0.39 is 0 Å². The standard InChI is InChI=1S/C14H13Cl2N3O/c15-9-2-1-8(11(16)6-9)5-13-18-12-3-4-20-7-10(12)14(17)19-13/h1-2,6H,3-5,7H2,(H2,17,18,19). The second-order valence-electron chi connectivity index (χ2n) is 4.67. The van der Waals surface area contributed by atoms with Gasteiger partial charge in [-0.3, -0.25) is 0 Å². The first-order valence-corrected chi connectivity index (χ1v) is 7.05. The number of hydrogen-bond donors (Lipinski definition) is 1. The number of benzene rings is 1. The van der Waals surface area contributed by atoms with E-state index in [1.165, 1.54) is 0 Å². The molecular formula is C14H13Cl2N3O. The molecule has 104 valence electrons. The molecule has 0 amide bonds. The van der Waals surface area contributed by atoms with Crippen LogP contribution in [0.1, 0.15) is 22.6 Å². The summed E-state index contributed by atoms with van der Waals surface area (Å²) in [5.74, 6) is 1.17. The quantitative estimate of drug-likeness (QED) is 0.926. The molecule has 6 heteroatoms. The number of halogens is 2. The molecule has 0 fully saturated rings. The highest BCUT2D eigenvalue weighted by Gasteiger charge is 2.17. The maximum Gasteiger partial charge on any atom is 0.135 e. The zero-order valence-corrected chi connectivity index (χ0v) is 12.2. The maximum atomic E-state index is 6.17. The molecule has 0 radical (unpaired) electrons. The SMILES string of the molecule is Nc1nc(Cc2ccc(Cl)cc2Cl)nc2c1COCC2. The lowest BCUT2D eigenvalue weighted by molar-refractivity contribution is 0.109. The van der Waals surface area contributed by atoms with Crippen LogP contribution in [0.4, 0.5) is 5.82 Å². The van der Waals surface area contributed by atoms with E-state index in [2.05, 4.69) is 9.97 Å². The predicted molar refractivity (Wildman–Crippen MR) is 79.1 cm³/mol. The third-order valence-electron chi connectivity index (χ3n) is 3.26. The lowest BCUT2D eigenvalue weighted by Gasteiger charge is -2.17. The molecular weight excluding hydrogens is 297 g/mol. The first-order valence-electron chi connectivity index (χ1n) is 6.29. The maximum absolute atomic E-state index is 6.17. The second kappa shape index (κ2) is 5.56. The van der Waals surface area contributed by atoms with Crippen LogP contribution in [0.15, 0.2) is 18.2 Å². The fourth-order valence-electron chi connectivity index (χ4n) is 2.22. The summed E-state index contributed by atoms with van der Waals surface area (Å²) in [4.78, 5) is 8.91. The van der Waals surface area contributed by atoms with Crippen LogP contribution in [0, 0.1) is 0 Å². The molecule has 1 aliphatic heterocycles. The minimum absolute atomic E-state index is 0.489. The van der Waals surface area contributed by atoms with Crippen LogP contribution >= 0.6 is 23.2 Å². The Morgan fingerprint density at radius 3 is 2.90 bits per heavy atom. The molecule has 0 spiro atoms. The van der Waals surface area contributed by atoms with Gasteiger partial charge < -0.3 is 10.5 Å². The molecule has 20 heavy (non-hydrogen) atoms. The molecule has 4 nitrogen and oxygen atoms in total. The van der Waals surface area contributed by atoms with E-state index in [9.17, 15) is 0 Å². The van der Waals surface area contributed by atoms with Gasteiger partial charge in [-0.1, -0.05) is 29.3 Å². The molecule has 1 aliphatic rings. The first kappa shape index (κ1) is 13.6. The molecule has 2 N–H and O–H groups in total. The van der Waals surface area contributed by atoms with Gasteiger partial charge in [-0.25, -0.2) is 9.97 Å². The summed E-state index contributed by atoms with van der Waals surface area (Å²) in [6, 6.07) is 5.40. The van der Waals surface area contributed by atoms with E-state index in [-0.39, 0.29) is 0 Å². The van der Waals surface area contributed by atoms with Gasteiger partial charge in [0.25, 0.3) is 0 Å². The average Bonchev–Trinajstić information content (AvgIpc) is 2.42. The summed E-state index contributed by atoms with van der Waals surface area (Å²) in [6.45, 7) is 1.16. The van der Waals surface area contributed by atoms with Crippen molar-refractivity contribution >= 4 is 29.0 Å². The smallest absolute Gasteiger partial charge is 0.135 e. The van der Waals surface area contributed by atoms with Gasteiger partial charge in [0, 0.05) is 28.5 Å². The van der Waals surface area contributed by atoms with Crippen molar-refractivity contribution in [3.05, 3.63) is 50.9 Å². The van der Waals surface area contributed by atoms with Gasteiger partial charge >= 0.3 is 0 Å². The number of aromatic nitrogens is 2. The fraction of sp³-hybridized carbons (Fsp3) is 0.286. The monoisotopic (exact) mass is 309 g/mol. The fourth-order valence-corrected chi connectivity index (χ4v) is 2.70. The van der Waals surface area contributed by atoms with E-state index in [0.29, 0.717) is 41.3 Å². The van der Waals surface area contributed by atoms with Crippen molar-refractivity contribution in [3.8, 4) is 0 Å². The molecule has 0 atom stereocenters. The van der Waals surface area contributed by atoms with Crippen LogP contribution in [-0.4, -0.2) is 16.6 Å². The molecule has 3 rings (SSSR count). The van der Waals surface area contributed by atoms with Gasteiger partial charge in [0.15, 0.2) is 0 Å². The van der Waals surface area contributed by atoms with E-state index in [0.717, 1.165) is 23.2 Å². The lowest BCUT2D eigenvalue weighted by atomic mass is 10.1. The summed E-state index contributed by atoms with van der Waals surface area (Å²) < 4.78 is 5.37.